The van der Waals surface area contributed by atoms with Crippen molar-refractivity contribution < 1.29 is 34.2 Å². The van der Waals surface area contributed by atoms with Gasteiger partial charge in [-0.05, 0) is 22.9 Å². The fourth-order valence-electron chi connectivity index (χ4n) is 3.21. The first-order chi connectivity index (χ1) is 17.6. The van der Waals surface area contributed by atoms with E-state index in [0.717, 1.165) is 32.8 Å². The summed E-state index contributed by atoms with van der Waals surface area (Å²) in [5.74, 6) is 1.86. The molecule has 17 nitrogen and oxygen atoms in total. The number of rotatable bonds is 10. The normalized spacial score (nSPS) is 20.2. The minimum absolute atomic E-state index is 0.0187. The summed E-state index contributed by atoms with van der Waals surface area (Å²) >= 11 is 3.38. The predicted octanol–water partition coefficient (Wildman–Crippen LogP) is -1.85. The van der Waals surface area contributed by atoms with Crippen LogP contribution in [0.5, 0.6) is 0 Å². The van der Waals surface area contributed by atoms with Crippen LogP contribution in [0.1, 0.15) is 12.6 Å². The molecule has 1 saturated heterocycles. The van der Waals surface area contributed by atoms with Crippen molar-refractivity contribution in [3.05, 3.63) is 22.3 Å². The van der Waals surface area contributed by atoms with Gasteiger partial charge in [0.15, 0.2) is 10.8 Å². The van der Waals surface area contributed by atoms with E-state index in [4.69, 9.17) is 21.5 Å². The van der Waals surface area contributed by atoms with E-state index in [-0.39, 0.29) is 33.2 Å². The molecule has 0 aliphatic carbocycles. The van der Waals surface area contributed by atoms with Crippen molar-refractivity contribution in [3.8, 4) is 0 Å². The molecule has 4 heterocycles. The molecule has 20 heteroatoms. The topological polar surface area (TPSA) is 254 Å². The van der Waals surface area contributed by atoms with E-state index in [2.05, 4.69) is 31.0 Å². The van der Waals surface area contributed by atoms with Gasteiger partial charge in [-0.1, -0.05) is 22.0 Å². The summed E-state index contributed by atoms with van der Waals surface area (Å²) in [5.41, 5.74) is 5.52. The Morgan fingerprint density at radius 2 is 2.16 bits per heavy atom. The molecule has 0 aromatic carbocycles. The number of amides is 2. The highest BCUT2D eigenvalue weighted by Gasteiger charge is 2.54. The van der Waals surface area contributed by atoms with Crippen LogP contribution < -0.4 is 16.9 Å². The number of oxime groups is 1. The lowest BCUT2D eigenvalue weighted by atomic mass is 10.0. The molecule has 3 atom stereocenters. The number of nitrogens with zero attached hydrogens (tertiary/aromatic N) is 7. The van der Waals surface area contributed by atoms with Crippen molar-refractivity contribution in [1.82, 2.24) is 35.5 Å². The highest BCUT2D eigenvalue weighted by Crippen LogP contribution is 2.41. The maximum absolute atomic E-state index is 13.0. The number of fused-ring (bicyclic) bond motifs is 1. The second-order valence-electron chi connectivity index (χ2n) is 7.41. The summed E-state index contributed by atoms with van der Waals surface area (Å²) in [6, 6.07) is -1.07. The average molecular weight is 571 g/mol. The van der Waals surface area contributed by atoms with Crippen molar-refractivity contribution in [3.63, 3.8) is 0 Å². The molecular weight excluding hydrogens is 552 g/mol. The van der Waals surface area contributed by atoms with Crippen LogP contribution in [0.4, 0.5) is 5.13 Å². The highest BCUT2D eigenvalue weighted by molar-refractivity contribution is 8.01. The minimum atomic E-state index is -1.36. The molecule has 2 aliphatic rings. The number of aliphatic carboxylic acids is 2. The molecule has 0 bridgehead atoms. The Labute approximate surface area is 219 Å². The summed E-state index contributed by atoms with van der Waals surface area (Å²) in [6.07, 6.45) is -1.36. The zero-order chi connectivity index (χ0) is 26.9. The number of nitrogen functional groups attached to an aromatic ring is 2. The fourth-order valence-corrected chi connectivity index (χ4v) is 6.04. The van der Waals surface area contributed by atoms with E-state index in [9.17, 15) is 24.3 Å². The highest BCUT2D eigenvalue weighted by atomic mass is 32.2. The number of carboxylic acids is 2. The number of hydrogen-bond donors (Lipinski definition) is 5. The summed E-state index contributed by atoms with van der Waals surface area (Å²) in [7, 11) is 0. The predicted molar refractivity (Wildman–Crippen MR) is 130 cm³/mol. The molecule has 7 N–H and O–H groups in total. The first kappa shape index (κ1) is 26.2. The monoisotopic (exact) mass is 570 g/mol. The van der Waals surface area contributed by atoms with E-state index in [0.29, 0.717) is 5.57 Å². The number of nitrogens with two attached hydrogens (primary N) is 2. The summed E-state index contributed by atoms with van der Waals surface area (Å²) in [4.78, 5) is 59.9. The van der Waals surface area contributed by atoms with Crippen molar-refractivity contribution in [2.45, 2.75) is 29.6 Å². The van der Waals surface area contributed by atoms with E-state index >= 15 is 0 Å². The number of hydrogen-bond acceptors (Lipinski definition) is 15. The van der Waals surface area contributed by atoms with Gasteiger partial charge in [-0.3, -0.25) is 14.5 Å². The van der Waals surface area contributed by atoms with Gasteiger partial charge >= 0.3 is 11.9 Å². The van der Waals surface area contributed by atoms with Gasteiger partial charge in [-0.15, -0.1) is 27.9 Å². The number of β-lactam (4-membered cyclic amide) rings is 1. The Bertz CT molecular complexity index is 1320. The van der Waals surface area contributed by atoms with Gasteiger partial charge in [0.25, 0.3) is 11.8 Å². The Hall–Kier alpha value is -3.91. The van der Waals surface area contributed by atoms with E-state index in [1.165, 1.54) is 24.1 Å². The van der Waals surface area contributed by atoms with Gasteiger partial charge in [0.2, 0.25) is 11.3 Å². The standard InChI is InChI=1S/C17H18N10O7S3/c1-5(14(30)31)34-23-8(7-4-36-16(18)20-7)11(28)21-9-12(29)26-10(15(32)33)6(2-35-13(9)26)3-37-17-22-24-25-27(17)19/h4-5,9,13H,2-3,19H2,1H3,(H2,18,20)(H,21,28)(H,30,31)(H,32,33)/b23-8-/t5?,9-,13+/m1/s1. The number of aromatic nitrogens is 5. The summed E-state index contributed by atoms with van der Waals surface area (Å²) in [5, 5.41) is 36.7. The van der Waals surface area contributed by atoms with Crippen molar-refractivity contribution >= 4 is 69.5 Å². The number of carboxylic acid groups (broad SMARTS) is 2. The average Bonchev–Trinajstić information content (AvgIpc) is 3.47. The molecule has 4 rings (SSSR count). The second kappa shape index (κ2) is 10.6. The van der Waals surface area contributed by atoms with Gasteiger partial charge in [-0.2, -0.15) is 0 Å². The Kier molecular flexibility index (Phi) is 7.50. The maximum atomic E-state index is 13.0. The maximum Gasteiger partial charge on any atom is 0.352 e. The second-order valence-corrected chi connectivity index (χ2v) is 10.3. The third-order valence-electron chi connectivity index (χ3n) is 5.00. The smallest absolute Gasteiger partial charge is 0.352 e. The molecule has 0 radical (unpaired) electrons. The SMILES string of the molecule is CC(O/N=C(\C(=O)N[C@@H]1C(=O)N2C(C(=O)O)=C(CSc3nnnn3N)CS[C@@H]12)c1csc(N)n1)C(=O)O. The van der Waals surface area contributed by atoms with E-state index in [1.807, 2.05) is 0 Å². The lowest BCUT2D eigenvalue weighted by Crippen LogP contribution is -2.71. The molecule has 2 aromatic rings. The third-order valence-corrected chi connectivity index (χ3v) is 8.04. The first-order valence-corrected chi connectivity index (χ1v) is 13.0. The van der Waals surface area contributed by atoms with Crippen LogP contribution in [0.25, 0.3) is 0 Å². The van der Waals surface area contributed by atoms with Crippen LogP contribution in [0.3, 0.4) is 0 Å². The molecule has 2 aromatic heterocycles. The van der Waals surface area contributed by atoms with Crippen LogP contribution in [-0.2, 0) is 24.0 Å². The minimum Gasteiger partial charge on any atom is -0.478 e. The van der Waals surface area contributed by atoms with Crippen LogP contribution in [0, 0.1) is 0 Å². The zero-order valence-corrected chi connectivity index (χ0v) is 21.1. The Morgan fingerprint density at radius 3 is 2.76 bits per heavy atom. The van der Waals surface area contributed by atoms with Gasteiger partial charge in [0, 0.05) is 16.9 Å². The fraction of sp³-hybridized carbons (Fsp3) is 0.353. The summed E-state index contributed by atoms with van der Waals surface area (Å²) < 4.78 is 0. The van der Waals surface area contributed by atoms with Crippen molar-refractivity contribution in [2.24, 2.45) is 5.16 Å². The molecule has 196 valence electrons. The van der Waals surface area contributed by atoms with Crippen LogP contribution in [0.15, 0.2) is 27.0 Å². The Balaban J connectivity index is 1.50. The van der Waals surface area contributed by atoms with Gasteiger partial charge in [-0.25, -0.2) is 14.6 Å². The van der Waals surface area contributed by atoms with Gasteiger partial charge in [0.1, 0.15) is 22.8 Å². The first-order valence-electron chi connectivity index (χ1n) is 10.1. The largest absolute Gasteiger partial charge is 0.478 e. The summed E-state index contributed by atoms with van der Waals surface area (Å²) in [6.45, 7) is 1.21. The van der Waals surface area contributed by atoms with Gasteiger partial charge in [0.05, 0.1) is 0 Å². The zero-order valence-electron chi connectivity index (χ0n) is 18.7. The molecule has 2 aliphatic heterocycles. The number of tetrazole rings is 1. The Morgan fingerprint density at radius 1 is 1.41 bits per heavy atom. The van der Waals surface area contributed by atoms with E-state index < -0.39 is 47.0 Å². The van der Waals surface area contributed by atoms with E-state index in [1.54, 1.807) is 0 Å². The lowest BCUT2D eigenvalue weighted by molar-refractivity contribution is -0.150. The molecule has 2 amide bonds. The number of thiazole rings is 1. The lowest BCUT2D eigenvalue weighted by Gasteiger charge is -2.49. The quantitative estimate of drug-likeness (QED) is 0.0690. The number of carbonyl (C=O) groups is 4. The number of thioether (sulfide) groups is 2. The molecule has 1 unspecified atom stereocenters. The van der Waals surface area contributed by atoms with Crippen molar-refractivity contribution in [2.75, 3.05) is 23.1 Å². The van der Waals surface area contributed by atoms with Crippen molar-refractivity contribution in [1.29, 1.82) is 0 Å². The number of anilines is 1. The molecule has 37 heavy (non-hydrogen) atoms. The molecule has 0 saturated carbocycles. The molecule has 0 spiro atoms. The van der Waals surface area contributed by atoms with Crippen LogP contribution in [0.2, 0.25) is 0 Å². The van der Waals surface area contributed by atoms with Crippen LogP contribution >= 0.6 is 34.9 Å². The molecular formula is C17H18N10O7S3. The number of nitrogens with one attached hydrogen (secondary N) is 1. The molecule has 1 fully saturated rings. The third kappa shape index (κ3) is 5.29. The van der Waals surface area contributed by atoms with Crippen LogP contribution in [-0.4, -0.2) is 98.9 Å². The number of carbonyl (C=O) groups excluding carboxylic acids is 2. The van der Waals surface area contributed by atoms with Gasteiger partial charge < -0.3 is 31.9 Å².